The number of halogens is 1. The van der Waals surface area contributed by atoms with Crippen LogP contribution in [0.5, 0.6) is 5.75 Å². The molecule has 0 bridgehead atoms. The number of hydrogen-bond donors (Lipinski definition) is 9. The van der Waals surface area contributed by atoms with E-state index in [4.69, 9.17) is 25.7 Å². The molecule has 19 heteroatoms. The van der Waals surface area contributed by atoms with Gasteiger partial charge in [0.2, 0.25) is 17.7 Å². The van der Waals surface area contributed by atoms with Gasteiger partial charge in [0.25, 0.3) is 0 Å². The second-order valence-corrected chi connectivity index (χ2v) is 20.4. The summed E-state index contributed by atoms with van der Waals surface area (Å²) in [6.45, 7) is 39.3. The number of ether oxygens (including phenoxy) is 1. The van der Waals surface area contributed by atoms with Crippen molar-refractivity contribution >= 4 is 64.0 Å². The molecule has 0 atom stereocenters. The summed E-state index contributed by atoms with van der Waals surface area (Å²) in [4.78, 5) is 50.2. The predicted molar refractivity (Wildman–Crippen MR) is 336 cm³/mol. The number of nitrogens with two attached hydrogens (primary N) is 1. The summed E-state index contributed by atoms with van der Waals surface area (Å²) >= 11 is 3.15. The average molecular weight is 1160 g/mol. The third-order valence-electron chi connectivity index (χ3n) is 7.88. The van der Waals surface area contributed by atoms with Crippen molar-refractivity contribution in [3.63, 3.8) is 0 Å². The number of carbonyl (C=O) groups is 3. The molecule has 0 unspecified atom stereocenters. The summed E-state index contributed by atoms with van der Waals surface area (Å²) in [5, 5.41) is 40.4. The molecule has 5 aromatic rings. The number of aliphatic hydroxyl groups excluding tert-OH is 1. The Balaban J connectivity index is -0.000000193. The number of alkyl halides is 1. The number of anilines is 4. The minimum atomic E-state index is -0.507. The van der Waals surface area contributed by atoms with Crippen LogP contribution in [-0.2, 0) is 19.1 Å². The van der Waals surface area contributed by atoms with Gasteiger partial charge in [-0.3, -0.25) is 14.4 Å². The molecule has 1 aliphatic rings. The molecule has 5 heterocycles. The number of aromatic hydroxyl groups is 1. The van der Waals surface area contributed by atoms with Crippen LogP contribution in [0.25, 0.3) is 0 Å². The van der Waals surface area contributed by atoms with E-state index in [2.05, 4.69) is 90.1 Å². The van der Waals surface area contributed by atoms with Crippen LogP contribution in [-0.4, -0.2) is 105 Å². The molecule has 4 aromatic heterocycles. The summed E-state index contributed by atoms with van der Waals surface area (Å²) in [5.41, 5.74) is 5.28. The van der Waals surface area contributed by atoms with E-state index in [-0.39, 0.29) is 42.0 Å². The maximum Gasteiger partial charge on any atom is 0.373 e. The van der Waals surface area contributed by atoms with Crippen molar-refractivity contribution in [1.82, 2.24) is 30.5 Å². The van der Waals surface area contributed by atoms with Crippen molar-refractivity contribution < 1.29 is 35.8 Å². The van der Waals surface area contributed by atoms with Gasteiger partial charge in [-0.2, -0.15) is 0 Å². The van der Waals surface area contributed by atoms with Gasteiger partial charge in [0.1, 0.15) is 29.0 Å². The van der Waals surface area contributed by atoms with Crippen molar-refractivity contribution in [1.29, 1.82) is 0 Å². The number of nitrogen functional groups attached to an aromatic ring is 1. The second kappa shape index (κ2) is 53.2. The van der Waals surface area contributed by atoms with Crippen molar-refractivity contribution in [3.8, 4) is 5.75 Å². The third-order valence-corrected chi connectivity index (χ3v) is 7.88. The number of pyridine rings is 4. The molecule has 1 fully saturated rings. The molecule has 442 valence electrons. The average Bonchev–Trinajstić information content (AvgIpc) is 3.40. The fourth-order valence-electron chi connectivity index (χ4n) is 3.93. The van der Waals surface area contributed by atoms with Crippen LogP contribution in [0, 0.1) is 23.2 Å². The molecule has 1 aliphatic heterocycles. The van der Waals surface area contributed by atoms with Gasteiger partial charge in [-0.1, -0.05) is 182 Å². The van der Waals surface area contributed by atoms with Crippen molar-refractivity contribution in [2.75, 3.05) is 66.5 Å². The fraction of sp³-hybridized carbons (Fsp3) is 0.508. The topological polar surface area (TPSA) is 259 Å². The smallest absolute Gasteiger partial charge is 0.373 e. The van der Waals surface area contributed by atoms with E-state index in [1.165, 1.54) is 18.4 Å². The molecule has 1 saturated heterocycles. The van der Waals surface area contributed by atoms with E-state index in [1.54, 1.807) is 68.0 Å². The largest absolute Gasteiger partial charge is 0.508 e. The Labute approximate surface area is 481 Å². The Hall–Kier alpha value is -5.83. The van der Waals surface area contributed by atoms with Crippen LogP contribution in [0.2, 0.25) is 6.82 Å². The van der Waals surface area contributed by atoms with Crippen LogP contribution in [0.15, 0.2) is 122 Å². The highest BCUT2D eigenvalue weighted by atomic mass is 79.9. The number of phenolic OH excluding ortho intramolecular Hbond substituents is 1. The number of aliphatic hydroxyl groups is 1. The number of nitrogens with one attached hydrogen (secondary N) is 5. The first-order valence-corrected chi connectivity index (χ1v) is 27.8. The molecule has 10 N–H and O–H groups in total. The number of phenols is 1. The quantitative estimate of drug-likeness (QED) is 0.0566. The second-order valence-electron chi connectivity index (χ2n) is 19.2. The van der Waals surface area contributed by atoms with Gasteiger partial charge in [-0.15, -0.1) is 0 Å². The van der Waals surface area contributed by atoms with Crippen molar-refractivity contribution in [3.05, 3.63) is 127 Å². The number of carbonyl (C=O) groups excluding carboxylic acids is 3. The highest BCUT2D eigenvalue weighted by molar-refractivity contribution is 9.09. The first-order valence-electron chi connectivity index (χ1n) is 26.7. The fourth-order valence-corrected chi connectivity index (χ4v) is 3.93. The van der Waals surface area contributed by atoms with Crippen LogP contribution in [0.1, 0.15) is 131 Å². The molecule has 78 heavy (non-hydrogen) atoms. The number of benzene rings is 1. The molecule has 0 aliphatic carbocycles. The number of hydrogen-bond acceptors (Lipinski definition) is 14. The van der Waals surface area contributed by atoms with E-state index in [1.807, 2.05) is 151 Å². The highest BCUT2D eigenvalue weighted by Crippen LogP contribution is 2.17. The number of morpholine rings is 1. The Morgan fingerprint density at radius 2 is 0.936 bits per heavy atom. The van der Waals surface area contributed by atoms with E-state index in [0.717, 1.165) is 31.6 Å². The molecule has 3 amide bonds. The first kappa shape index (κ1) is 81.0. The van der Waals surface area contributed by atoms with E-state index in [9.17, 15) is 14.4 Å². The molecule has 0 spiro atoms. The Morgan fingerprint density at radius 1 is 0.628 bits per heavy atom. The van der Waals surface area contributed by atoms with Gasteiger partial charge in [0.05, 0.1) is 19.8 Å². The zero-order valence-electron chi connectivity index (χ0n) is 50.7. The van der Waals surface area contributed by atoms with Crippen LogP contribution >= 0.6 is 15.9 Å². The lowest BCUT2D eigenvalue weighted by Crippen LogP contribution is -2.32. The summed E-state index contributed by atoms with van der Waals surface area (Å²) < 4.78 is 5.01. The SMILES string of the molecule is C1COCCN1.CB(O)NCCO.CC.CC(C)(C)C(=O)Nc1ccccn1.CC(C)(C)C(=O)Nc1ccccn1.CC(C)(C)C(=O)Nc1ccccn1.CCBr.CCC.CCC.Cc1ccc(O)cc1.Nc1ccccn1.[2HH]. The maximum atomic E-state index is 11.5. The number of amides is 3. The molecule has 6 rings (SSSR count). The monoisotopic (exact) mass is 1160 g/mol. The number of nitrogens with zero attached hydrogens (tertiary/aromatic N) is 4. The summed E-state index contributed by atoms with van der Waals surface area (Å²) in [5.74, 6) is 2.63. The molecule has 1 aromatic carbocycles. The first-order chi connectivity index (χ1) is 36.7. The summed E-state index contributed by atoms with van der Waals surface area (Å²) in [7, 11) is -0.507. The summed E-state index contributed by atoms with van der Waals surface area (Å²) in [6, 6.07) is 28.8. The van der Waals surface area contributed by atoms with Gasteiger partial charge in [0, 0.05) is 67.4 Å². The highest BCUT2D eigenvalue weighted by Gasteiger charge is 2.22. The number of rotatable bonds is 6. The minimum absolute atomic E-state index is 0. The lowest BCUT2D eigenvalue weighted by Gasteiger charge is -2.16. The number of aryl methyl sites for hydroxylation is 1. The van der Waals surface area contributed by atoms with Crippen LogP contribution in [0.4, 0.5) is 23.3 Å². The molecule has 0 saturated carbocycles. The predicted octanol–water partition coefficient (Wildman–Crippen LogP) is 12.4. The van der Waals surface area contributed by atoms with Gasteiger partial charge in [0.15, 0.2) is 0 Å². The van der Waals surface area contributed by atoms with E-state index >= 15 is 0 Å². The van der Waals surface area contributed by atoms with Crippen LogP contribution < -0.4 is 32.2 Å². The van der Waals surface area contributed by atoms with Gasteiger partial charge >= 0.3 is 7.05 Å². The zero-order chi connectivity index (χ0) is 60.9. The van der Waals surface area contributed by atoms with Crippen molar-refractivity contribution in [2.24, 2.45) is 16.2 Å². The number of aromatic nitrogens is 4. The Morgan fingerprint density at radius 3 is 1.09 bits per heavy atom. The lowest BCUT2D eigenvalue weighted by molar-refractivity contribution is -0.123. The molecule has 17 nitrogen and oxygen atoms in total. The van der Waals surface area contributed by atoms with Crippen molar-refractivity contribution in [2.45, 2.75) is 137 Å². The Kier molecular flexibility index (Phi) is 55.3. The minimum Gasteiger partial charge on any atom is -0.508 e. The van der Waals surface area contributed by atoms with Gasteiger partial charge < -0.3 is 52.2 Å². The Bertz CT molecular complexity index is 1900. The maximum absolute atomic E-state index is 11.5. The standard InChI is InChI=1S/3C10H14N2O.C7H8O.C5H6N2.C4H9NO.C3H10BNO2.2C3H8.C2H5Br.C2H6.H2/c3*1-10(2,3)9(13)12-8-6-4-5-7-11-8;1-6-2-4-7(8)5-3-6;6-5-3-1-2-4-7-5;1-3-6-4-2-5-1;1-4(7)5-2-3-6;2*1-3-2;1-2-3;1-2;/h3*4-7H,1-3H3,(H,11,12,13);2-5,8H,1H3;1-4H,(H2,6,7);5H,1-4H2;5-7H,2-3H2,1H3;2*3H2,1-2H3;2H2,1H3;1-2H3;1H/i;;;;;;;;;;;1+1. The normalized spacial score (nSPS) is 10.6. The van der Waals surface area contributed by atoms with Gasteiger partial charge in [-0.25, -0.2) is 19.9 Å². The van der Waals surface area contributed by atoms with Crippen LogP contribution in [0.3, 0.4) is 0 Å². The van der Waals surface area contributed by atoms with E-state index in [0.29, 0.717) is 35.6 Å². The molecular formula is C59H104BBrN10O7. The summed E-state index contributed by atoms with van der Waals surface area (Å²) in [6.07, 6.45) is 9.12. The zero-order valence-corrected chi connectivity index (χ0v) is 52.3. The lowest BCUT2D eigenvalue weighted by atomic mass is 9.89. The molecular weight excluding hydrogens is 1050 g/mol. The third kappa shape index (κ3) is 57.9. The molecule has 0 radical (unpaired) electrons. The van der Waals surface area contributed by atoms with Gasteiger partial charge in [-0.05, 0) is 74.4 Å². The van der Waals surface area contributed by atoms with E-state index < -0.39 is 7.05 Å².